The molecular weight excluding hydrogens is 432 g/mol. The van der Waals surface area contributed by atoms with Crippen LogP contribution in [0.3, 0.4) is 0 Å². The molecule has 2 aromatic heterocycles. The van der Waals surface area contributed by atoms with E-state index in [2.05, 4.69) is 18.8 Å². The molecule has 3 aromatic rings. The van der Waals surface area contributed by atoms with Crippen LogP contribution in [-0.2, 0) is 9.53 Å². The van der Waals surface area contributed by atoms with Crippen LogP contribution in [0.4, 0.5) is 0 Å². The van der Waals surface area contributed by atoms with E-state index in [1.165, 1.54) is 10.5 Å². The smallest absolute Gasteiger partial charge is 0.269 e. The van der Waals surface area contributed by atoms with Gasteiger partial charge >= 0.3 is 0 Å². The number of fused-ring (bicyclic) bond motifs is 1. The number of benzene rings is 1. The molecule has 1 aliphatic heterocycles. The number of pyridine rings is 1. The zero-order valence-electron chi connectivity index (χ0n) is 19.4. The van der Waals surface area contributed by atoms with E-state index in [-0.39, 0.29) is 22.9 Å². The van der Waals surface area contributed by atoms with Crippen molar-refractivity contribution in [2.24, 2.45) is 0 Å². The molecule has 0 aliphatic carbocycles. The average Bonchev–Trinajstić information content (AvgIpc) is 2.84. The number of ether oxygens (including phenoxy) is 2. The minimum absolute atomic E-state index is 0.0399. The van der Waals surface area contributed by atoms with Gasteiger partial charge in [-0.2, -0.15) is 10.2 Å². The van der Waals surface area contributed by atoms with Crippen LogP contribution >= 0.6 is 0 Å². The third kappa shape index (κ3) is 4.70. The van der Waals surface area contributed by atoms with Gasteiger partial charge in [-0.05, 0) is 48.2 Å². The SMILES string of the molecule is Cc1ccc(C(C)C)c(Oc2nc3ccccn3c(=O)c2/C=C(\C#N)C(=O)N2CCOCC2)c1. The molecule has 1 amide bonds. The van der Waals surface area contributed by atoms with Gasteiger partial charge in [0, 0.05) is 19.3 Å². The van der Waals surface area contributed by atoms with Gasteiger partial charge in [-0.25, -0.2) is 0 Å². The molecule has 174 valence electrons. The molecule has 0 spiro atoms. The zero-order valence-corrected chi connectivity index (χ0v) is 19.4. The molecule has 0 saturated carbocycles. The molecule has 8 heteroatoms. The van der Waals surface area contributed by atoms with Gasteiger partial charge in [0.25, 0.3) is 11.5 Å². The number of carbonyl (C=O) groups is 1. The van der Waals surface area contributed by atoms with E-state index in [9.17, 15) is 14.9 Å². The predicted octanol–water partition coefficient (Wildman–Crippen LogP) is 3.68. The lowest BCUT2D eigenvalue weighted by molar-refractivity contribution is -0.130. The first-order chi connectivity index (χ1) is 16.4. The van der Waals surface area contributed by atoms with E-state index in [4.69, 9.17) is 9.47 Å². The van der Waals surface area contributed by atoms with Crippen LogP contribution in [0, 0.1) is 18.3 Å². The minimum atomic E-state index is -0.451. The summed E-state index contributed by atoms with van der Waals surface area (Å²) in [6.45, 7) is 7.64. The third-order valence-electron chi connectivity index (χ3n) is 5.67. The second-order valence-electron chi connectivity index (χ2n) is 8.44. The Kier molecular flexibility index (Phi) is 6.75. The van der Waals surface area contributed by atoms with E-state index in [1.807, 2.05) is 31.2 Å². The number of aryl methyl sites for hydroxylation is 1. The molecule has 4 rings (SSSR count). The summed E-state index contributed by atoms with van der Waals surface area (Å²) in [5.74, 6) is 0.350. The van der Waals surface area contributed by atoms with Crippen molar-refractivity contribution >= 4 is 17.6 Å². The molecule has 1 aromatic carbocycles. The van der Waals surface area contributed by atoms with Crippen molar-refractivity contribution in [3.63, 3.8) is 0 Å². The quantitative estimate of drug-likeness (QED) is 0.427. The van der Waals surface area contributed by atoms with Crippen molar-refractivity contribution in [1.29, 1.82) is 5.26 Å². The molecule has 0 N–H and O–H groups in total. The lowest BCUT2D eigenvalue weighted by atomic mass is 10.0. The highest BCUT2D eigenvalue weighted by atomic mass is 16.5. The highest BCUT2D eigenvalue weighted by Crippen LogP contribution is 2.32. The van der Waals surface area contributed by atoms with Crippen LogP contribution in [-0.4, -0.2) is 46.5 Å². The molecule has 8 nitrogen and oxygen atoms in total. The van der Waals surface area contributed by atoms with Crippen LogP contribution in [0.1, 0.15) is 36.5 Å². The highest BCUT2D eigenvalue weighted by molar-refractivity contribution is 6.02. The lowest BCUT2D eigenvalue weighted by Crippen LogP contribution is -2.41. The Morgan fingerprint density at radius 3 is 2.71 bits per heavy atom. The summed E-state index contributed by atoms with van der Waals surface area (Å²) < 4.78 is 12.9. The van der Waals surface area contributed by atoms with E-state index < -0.39 is 11.5 Å². The third-order valence-corrected chi connectivity index (χ3v) is 5.67. The van der Waals surface area contributed by atoms with E-state index in [0.29, 0.717) is 37.7 Å². The maximum atomic E-state index is 13.4. The van der Waals surface area contributed by atoms with Gasteiger partial charge in [0.2, 0.25) is 5.88 Å². The second kappa shape index (κ2) is 9.89. The fourth-order valence-corrected chi connectivity index (χ4v) is 3.82. The summed E-state index contributed by atoms with van der Waals surface area (Å²) in [6.07, 6.45) is 2.88. The number of rotatable bonds is 5. The maximum absolute atomic E-state index is 13.4. The Balaban J connectivity index is 1.87. The molecule has 0 bridgehead atoms. The van der Waals surface area contributed by atoms with Gasteiger partial charge in [-0.15, -0.1) is 0 Å². The van der Waals surface area contributed by atoms with Crippen molar-refractivity contribution in [1.82, 2.24) is 14.3 Å². The number of morpholine rings is 1. The van der Waals surface area contributed by atoms with Crippen LogP contribution in [0.2, 0.25) is 0 Å². The molecule has 1 fully saturated rings. The fraction of sp³-hybridized carbons (Fsp3) is 0.308. The number of nitriles is 1. The predicted molar refractivity (Wildman–Crippen MR) is 128 cm³/mol. The summed E-state index contributed by atoms with van der Waals surface area (Å²) in [6, 6.07) is 13.0. The Hall–Kier alpha value is -3.96. The molecule has 1 aliphatic rings. The molecule has 34 heavy (non-hydrogen) atoms. The number of aromatic nitrogens is 2. The molecule has 1 saturated heterocycles. The van der Waals surface area contributed by atoms with Crippen molar-refractivity contribution in [3.8, 4) is 17.7 Å². The Bertz CT molecular complexity index is 1360. The number of hydrogen-bond acceptors (Lipinski definition) is 6. The van der Waals surface area contributed by atoms with Crippen LogP contribution < -0.4 is 10.3 Å². The number of amides is 1. The van der Waals surface area contributed by atoms with Gasteiger partial charge in [-0.3, -0.25) is 14.0 Å². The van der Waals surface area contributed by atoms with Crippen LogP contribution in [0.25, 0.3) is 11.7 Å². The largest absolute Gasteiger partial charge is 0.438 e. The van der Waals surface area contributed by atoms with Crippen molar-refractivity contribution in [3.05, 3.63) is 75.2 Å². The lowest BCUT2D eigenvalue weighted by Gasteiger charge is -2.26. The first-order valence-corrected chi connectivity index (χ1v) is 11.2. The standard InChI is InChI=1S/C26H26N4O4/c1-17(2)20-8-7-18(3)14-22(20)34-24-21(26(32)30-9-5-4-6-23(30)28-24)15-19(16-27)25(31)29-10-12-33-13-11-29/h4-9,14-15,17H,10-13H2,1-3H3/b19-15+. The molecule has 0 radical (unpaired) electrons. The molecule has 3 heterocycles. The second-order valence-corrected chi connectivity index (χ2v) is 8.44. The summed E-state index contributed by atoms with van der Waals surface area (Å²) in [5.41, 5.74) is 1.81. The van der Waals surface area contributed by atoms with Gasteiger partial charge in [0.05, 0.1) is 13.2 Å². The van der Waals surface area contributed by atoms with E-state index >= 15 is 0 Å². The Morgan fingerprint density at radius 1 is 1.24 bits per heavy atom. The van der Waals surface area contributed by atoms with Gasteiger partial charge < -0.3 is 14.4 Å². The summed E-state index contributed by atoms with van der Waals surface area (Å²) >= 11 is 0. The Labute approximate surface area is 197 Å². The van der Waals surface area contributed by atoms with E-state index in [0.717, 1.165) is 11.1 Å². The summed E-state index contributed by atoms with van der Waals surface area (Å²) in [7, 11) is 0. The van der Waals surface area contributed by atoms with Crippen LogP contribution in [0.15, 0.2) is 53.0 Å². The maximum Gasteiger partial charge on any atom is 0.269 e. The summed E-state index contributed by atoms with van der Waals surface area (Å²) in [5, 5.41) is 9.76. The normalized spacial score (nSPS) is 14.3. The zero-order chi connectivity index (χ0) is 24.2. The van der Waals surface area contributed by atoms with Crippen LogP contribution in [0.5, 0.6) is 11.6 Å². The highest BCUT2D eigenvalue weighted by Gasteiger charge is 2.23. The van der Waals surface area contributed by atoms with Crippen molar-refractivity contribution in [2.45, 2.75) is 26.7 Å². The number of nitrogens with zero attached hydrogens (tertiary/aromatic N) is 4. The first kappa shape index (κ1) is 23.2. The molecule has 0 unspecified atom stereocenters. The van der Waals surface area contributed by atoms with E-state index in [1.54, 1.807) is 29.3 Å². The van der Waals surface area contributed by atoms with Gasteiger partial charge in [0.1, 0.15) is 28.6 Å². The van der Waals surface area contributed by atoms with Gasteiger partial charge in [-0.1, -0.05) is 32.0 Å². The first-order valence-electron chi connectivity index (χ1n) is 11.2. The number of hydrogen-bond donors (Lipinski definition) is 0. The van der Waals surface area contributed by atoms with Gasteiger partial charge in [0.15, 0.2) is 0 Å². The van der Waals surface area contributed by atoms with Crippen molar-refractivity contribution in [2.75, 3.05) is 26.3 Å². The molecular formula is C26H26N4O4. The summed E-state index contributed by atoms with van der Waals surface area (Å²) in [4.78, 5) is 32.5. The Morgan fingerprint density at radius 2 is 2.00 bits per heavy atom. The monoisotopic (exact) mass is 458 g/mol. The topological polar surface area (TPSA) is 96.9 Å². The van der Waals surface area contributed by atoms with Crippen molar-refractivity contribution < 1.29 is 14.3 Å². The minimum Gasteiger partial charge on any atom is -0.438 e. The average molecular weight is 459 g/mol. The number of carbonyl (C=O) groups excluding carboxylic acids is 1. The fourth-order valence-electron chi connectivity index (χ4n) is 3.82. The molecule has 0 atom stereocenters.